The molecular formula is C39H45N5O4. The molecule has 3 heterocycles. The van der Waals surface area contributed by atoms with Gasteiger partial charge in [0.25, 0.3) is 5.91 Å². The Hall–Kier alpha value is -4.92. The van der Waals surface area contributed by atoms with Crippen molar-refractivity contribution in [3.63, 3.8) is 0 Å². The van der Waals surface area contributed by atoms with E-state index in [1.54, 1.807) is 4.68 Å². The normalized spacial score (nSPS) is 18.8. The summed E-state index contributed by atoms with van der Waals surface area (Å²) in [6.45, 7) is 9.95. The van der Waals surface area contributed by atoms with Crippen molar-refractivity contribution in [1.82, 2.24) is 14.7 Å². The highest BCUT2D eigenvalue weighted by Gasteiger charge is 2.43. The predicted molar refractivity (Wildman–Crippen MR) is 187 cm³/mol. The van der Waals surface area contributed by atoms with Gasteiger partial charge in [0.1, 0.15) is 12.4 Å². The topological polar surface area (TPSA) is 106 Å². The monoisotopic (exact) mass is 647 g/mol. The third kappa shape index (κ3) is 7.62. The molecule has 48 heavy (non-hydrogen) atoms. The molecule has 0 aliphatic carbocycles. The minimum atomic E-state index is -0.330. The van der Waals surface area contributed by atoms with E-state index in [0.29, 0.717) is 23.0 Å². The number of ether oxygens (including phenoxy) is 1. The zero-order valence-electron chi connectivity index (χ0n) is 28.5. The fourth-order valence-corrected chi connectivity index (χ4v) is 6.92. The Bertz CT molecular complexity index is 1760. The van der Waals surface area contributed by atoms with Crippen LogP contribution in [0.5, 0.6) is 0 Å². The van der Waals surface area contributed by atoms with Gasteiger partial charge in [-0.2, -0.15) is 5.10 Å². The molecule has 0 spiro atoms. The summed E-state index contributed by atoms with van der Waals surface area (Å²) in [5, 5.41) is 10.8. The van der Waals surface area contributed by atoms with Gasteiger partial charge in [-0.1, -0.05) is 62.7 Å². The first kappa shape index (κ1) is 33.0. The number of nitrogens with one attached hydrogen (secondary N) is 2. The van der Waals surface area contributed by atoms with Crippen LogP contribution in [0.2, 0.25) is 0 Å². The van der Waals surface area contributed by atoms with Crippen LogP contribution in [0, 0.1) is 12.8 Å². The van der Waals surface area contributed by atoms with Crippen molar-refractivity contribution in [2.45, 2.75) is 90.8 Å². The molecule has 2 aliphatic heterocycles. The van der Waals surface area contributed by atoms with Gasteiger partial charge in [0, 0.05) is 41.7 Å². The molecular weight excluding hydrogens is 602 g/mol. The number of carbonyl (C=O) groups is 3. The molecule has 2 fully saturated rings. The van der Waals surface area contributed by atoms with Gasteiger partial charge >= 0.3 is 12.0 Å². The lowest BCUT2D eigenvalue weighted by atomic mass is 9.85. The number of rotatable bonds is 8. The Morgan fingerprint density at radius 3 is 2.08 bits per heavy atom. The van der Waals surface area contributed by atoms with Crippen molar-refractivity contribution in [3.05, 3.63) is 107 Å². The lowest BCUT2D eigenvalue weighted by Gasteiger charge is -2.39. The van der Waals surface area contributed by atoms with Crippen LogP contribution in [0.25, 0.3) is 5.69 Å². The van der Waals surface area contributed by atoms with Crippen molar-refractivity contribution >= 4 is 29.4 Å². The second kappa shape index (κ2) is 13.7. The summed E-state index contributed by atoms with van der Waals surface area (Å²) in [6, 6.07) is 25.6. The molecule has 0 radical (unpaired) electrons. The molecule has 2 aliphatic rings. The quantitative estimate of drug-likeness (QED) is 0.190. The number of urea groups is 1. The Morgan fingerprint density at radius 2 is 1.48 bits per heavy atom. The number of amides is 3. The molecule has 9 heteroatoms. The van der Waals surface area contributed by atoms with Gasteiger partial charge in [-0.3, -0.25) is 14.9 Å². The number of carbonyl (C=O) groups excluding carboxylic acids is 3. The van der Waals surface area contributed by atoms with Gasteiger partial charge in [0.2, 0.25) is 0 Å². The number of fused-ring (bicyclic) bond motifs is 2. The Kier molecular flexibility index (Phi) is 9.40. The first-order valence-corrected chi connectivity index (χ1v) is 16.8. The summed E-state index contributed by atoms with van der Waals surface area (Å²) in [7, 11) is 0. The molecule has 2 atom stereocenters. The van der Waals surface area contributed by atoms with E-state index in [0.717, 1.165) is 54.6 Å². The molecule has 6 rings (SSSR count). The number of anilines is 2. The molecule has 3 aromatic carbocycles. The maximum Gasteiger partial charge on any atom is 0.324 e. The first-order valence-electron chi connectivity index (χ1n) is 16.8. The summed E-state index contributed by atoms with van der Waals surface area (Å²) in [6.07, 6.45) is 4.99. The predicted octanol–water partition coefficient (Wildman–Crippen LogP) is 7.81. The molecule has 2 bridgehead atoms. The van der Waals surface area contributed by atoms with E-state index in [2.05, 4.69) is 48.4 Å². The van der Waals surface area contributed by atoms with Gasteiger partial charge in [0.15, 0.2) is 0 Å². The summed E-state index contributed by atoms with van der Waals surface area (Å²) in [4.78, 5) is 39.8. The Balaban J connectivity index is 1.04. The number of aryl methyl sites for hydroxylation is 1. The van der Waals surface area contributed by atoms with Crippen LogP contribution in [-0.4, -0.2) is 44.7 Å². The van der Waals surface area contributed by atoms with Gasteiger partial charge in [0.05, 0.1) is 11.4 Å². The van der Waals surface area contributed by atoms with Crippen LogP contribution in [0.1, 0.15) is 86.1 Å². The standard InChI is InChI=1S/C39H45N5O4/c1-25-6-16-32(17-7-25)44-36(23-35(42-44)39(3,4)5)41-38(47)40-31-14-10-27(11-15-31)20-29-21-33-18-19-34(22-29)43(33)37(46)30-12-8-28(9-13-30)24-48-26(2)45/h6-17,23,29,33-34H,18-22,24H2,1-5H3,(H2,40,41,47). The second-order valence-corrected chi connectivity index (χ2v) is 14.3. The third-order valence-electron chi connectivity index (χ3n) is 9.44. The van der Waals surface area contributed by atoms with E-state index in [9.17, 15) is 14.4 Å². The van der Waals surface area contributed by atoms with Crippen LogP contribution in [0.15, 0.2) is 78.9 Å². The maximum atomic E-state index is 13.5. The van der Waals surface area contributed by atoms with Crippen molar-refractivity contribution in [2.75, 3.05) is 10.6 Å². The highest BCUT2D eigenvalue weighted by Crippen LogP contribution is 2.41. The number of esters is 1. The summed E-state index contributed by atoms with van der Waals surface area (Å²) in [5.41, 5.74) is 6.23. The van der Waals surface area contributed by atoms with Gasteiger partial charge in [-0.15, -0.1) is 0 Å². The van der Waals surface area contributed by atoms with E-state index in [1.165, 1.54) is 12.5 Å². The molecule has 1 aromatic heterocycles. The zero-order valence-corrected chi connectivity index (χ0v) is 28.5. The van der Waals surface area contributed by atoms with Crippen LogP contribution >= 0.6 is 0 Å². The molecule has 9 nitrogen and oxygen atoms in total. The van der Waals surface area contributed by atoms with E-state index >= 15 is 0 Å². The summed E-state index contributed by atoms with van der Waals surface area (Å²) < 4.78 is 6.84. The van der Waals surface area contributed by atoms with Gasteiger partial charge in [-0.05, 0) is 92.5 Å². The molecule has 2 saturated heterocycles. The van der Waals surface area contributed by atoms with Crippen LogP contribution in [0.4, 0.5) is 16.3 Å². The number of hydrogen-bond acceptors (Lipinski definition) is 5. The average Bonchev–Trinajstić information content (AvgIpc) is 3.59. The molecule has 250 valence electrons. The van der Waals surface area contributed by atoms with Gasteiger partial charge in [-0.25, -0.2) is 9.48 Å². The maximum absolute atomic E-state index is 13.5. The third-order valence-corrected chi connectivity index (χ3v) is 9.44. The average molecular weight is 648 g/mol. The molecule has 2 N–H and O–H groups in total. The van der Waals surface area contributed by atoms with Crippen LogP contribution in [-0.2, 0) is 28.0 Å². The van der Waals surface area contributed by atoms with Crippen LogP contribution in [0.3, 0.4) is 0 Å². The van der Waals surface area contributed by atoms with Gasteiger partial charge < -0.3 is 15.0 Å². The fourth-order valence-electron chi connectivity index (χ4n) is 6.92. The number of nitrogens with zero attached hydrogens (tertiary/aromatic N) is 3. The lowest BCUT2D eigenvalue weighted by Crippen LogP contribution is -2.46. The molecule has 0 saturated carbocycles. The fraction of sp³-hybridized carbons (Fsp3) is 0.385. The van der Waals surface area contributed by atoms with E-state index in [4.69, 9.17) is 9.84 Å². The minimum Gasteiger partial charge on any atom is -0.461 e. The first-order chi connectivity index (χ1) is 22.9. The van der Waals surface area contributed by atoms with E-state index < -0.39 is 0 Å². The largest absolute Gasteiger partial charge is 0.461 e. The zero-order chi connectivity index (χ0) is 34.0. The van der Waals surface area contributed by atoms with Crippen molar-refractivity contribution in [2.24, 2.45) is 5.92 Å². The van der Waals surface area contributed by atoms with E-state index in [-0.39, 0.29) is 42.0 Å². The number of hydrogen-bond donors (Lipinski definition) is 2. The Labute approximate surface area is 282 Å². The SMILES string of the molecule is CC(=O)OCc1ccc(C(=O)N2C3CCC2CC(Cc2ccc(NC(=O)Nc4cc(C(C)(C)C)nn4-c4ccc(C)cc4)cc2)C3)cc1. The summed E-state index contributed by atoms with van der Waals surface area (Å²) >= 11 is 0. The molecule has 2 unspecified atom stereocenters. The number of piperidine rings is 1. The lowest BCUT2D eigenvalue weighted by molar-refractivity contribution is -0.142. The number of benzene rings is 3. The van der Waals surface area contributed by atoms with Crippen molar-refractivity contribution < 1.29 is 19.1 Å². The van der Waals surface area contributed by atoms with Crippen molar-refractivity contribution in [3.8, 4) is 5.69 Å². The molecule has 3 amide bonds. The number of aromatic nitrogens is 2. The smallest absolute Gasteiger partial charge is 0.324 e. The summed E-state index contributed by atoms with van der Waals surface area (Å²) in [5.74, 6) is 0.872. The second-order valence-electron chi connectivity index (χ2n) is 14.3. The van der Waals surface area contributed by atoms with Crippen molar-refractivity contribution in [1.29, 1.82) is 0 Å². The highest BCUT2D eigenvalue weighted by molar-refractivity contribution is 5.99. The molecule has 4 aromatic rings. The Morgan fingerprint density at radius 1 is 0.854 bits per heavy atom. The van der Waals surface area contributed by atoms with E-state index in [1.807, 2.05) is 73.7 Å². The van der Waals surface area contributed by atoms with Crippen LogP contribution < -0.4 is 10.6 Å². The minimum absolute atomic E-state index is 0.0882. The highest BCUT2D eigenvalue weighted by atomic mass is 16.5.